The van der Waals surface area contributed by atoms with Crippen LogP contribution in [-0.2, 0) is 18.8 Å². The zero-order chi connectivity index (χ0) is 23.0. The fourth-order valence-electron chi connectivity index (χ4n) is 5.82. The van der Waals surface area contributed by atoms with Gasteiger partial charge in [0.1, 0.15) is 11.3 Å². The van der Waals surface area contributed by atoms with Crippen molar-refractivity contribution >= 4 is 16.9 Å². The third-order valence-electron chi connectivity index (χ3n) is 7.52. The zero-order valence-electron chi connectivity index (χ0n) is 19.6. The molecule has 2 aliphatic rings. The number of pyridine rings is 1. The van der Waals surface area contributed by atoms with Crippen LogP contribution in [0.2, 0.25) is 0 Å². The monoisotopic (exact) mass is 442 g/mol. The molecule has 2 aromatic heterocycles. The van der Waals surface area contributed by atoms with Crippen LogP contribution >= 0.6 is 0 Å². The highest BCUT2D eigenvalue weighted by Gasteiger charge is 2.58. The first-order chi connectivity index (χ1) is 15.4. The highest BCUT2D eigenvalue weighted by Crippen LogP contribution is 2.55. The molecule has 2 aromatic rings. The summed E-state index contributed by atoms with van der Waals surface area (Å²) in [6.45, 7) is 5.45. The summed E-state index contributed by atoms with van der Waals surface area (Å²) in [6.07, 6.45) is 7.68. The largest absolute Gasteiger partial charge is 0.378 e. The third-order valence-corrected chi connectivity index (χ3v) is 7.52. The van der Waals surface area contributed by atoms with Crippen molar-refractivity contribution in [1.82, 2.24) is 19.0 Å². The molecule has 8 nitrogen and oxygen atoms in total. The molecule has 0 N–H and O–H groups in total. The van der Waals surface area contributed by atoms with Gasteiger partial charge in [0.25, 0.3) is 11.5 Å². The minimum absolute atomic E-state index is 0.0265. The van der Waals surface area contributed by atoms with E-state index in [0.717, 1.165) is 30.3 Å². The lowest BCUT2D eigenvalue weighted by Gasteiger charge is -2.60. The standard InChI is InChI=1S/C24H34N4O4/c1-5-14-28(18-15-19(32-6-2)24(18)12-8-7-9-13-24)22(30)17-11-10-16-20(25-17)26(3)23(31)27(4)21(16)29/h10-11,18-19H,5-9,12-15H2,1-4H3/t18-,19+/m1/s1. The Hall–Kier alpha value is -2.48. The Balaban J connectivity index is 1.72. The highest BCUT2D eigenvalue weighted by molar-refractivity contribution is 5.94. The Morgan fingerprint density at radius 2 is 1.88 bits per heavy atom. The van der Waals surface area contributed by atoms with Crippen molar-refractivity contribution in [3.8, 4) is 0 Å². The molecule has 2 saturated carbocycles. The second-order valence-corrected chi connectivity index (χ2v) is 9.26. The molecule has 0 aromatic carbocycles. The summed E-state index contributed by atoms with van der Waals surface area (Å²) in [4.78, 5) is 45.0. The highest BCUT2D eigenvalue weighted by atomic mass is 16.5. The van der Waals surface area contributed by atoms with E-state index in [1.54, 1.807) is 19.2 Å². The van der Waals surface area contributed by atoms with E-state index in [-0.39, 0.29) is 34.8 Å². The predicted molar refractivity (Wildman–Crippen MR) is 123 cm³/mol. The first-order valence-corrected chi connectivity index (χ1v) is 11.8. The number of amides is 1. The number of carbonyl (C=O) groups excluding carboxylic acids is 1. The molecule has 2 heterocycles. The first-order valence-electron chi connectivity index (χ1n) is 11.8. The van der Waals surface area contributed by atoms with Crippen LogP contribution in [0.4, 0.5) is 0 Å². The summed E-state index contributed by atoms with van der Waals surface area (Å²) in [7, 11) is 3.02. The minimum atomic E-state index is -0.454. The van der Waals surface area contributed by atoms with Gasteiger partial charge >= 0.3 is 5.69 Å². The van der Waals surface area contributed by atoms with Gasteiger partial charge in [0, 0.05) is 38.7 Å². The minimum Gasteiger partial charge on any atom is -0.378 e. The molecule has 0 radical (unpaired) electrons. The van der Waals surface area contributed by atoms with E-state index in [2.05, 4.69) is 11.9 Å². The van der Waals surface area contributed by atoms with Crippen LogP contribution in [-0.4, -0.2) is 50.2 Å². The lowest BCUT2D eigenvalue weighted by Crippen LogP contribution is -2.66. The van der Waals surface area contributed by atoms with E-state index in [0.29, 0.717) is 18.5 Å². The predicted octanol–water partition coefficient (Wildman–Crippen LogP) is 2.61. The van der Waals surface area contributed by atoms with Crippen molar-refractivity contribution in [1.29, 1.82) is 0 Å². The number of rotatable bonds is 6. The van der Waals surface area contributed by atoms with Gasteiger partial charge in [-0.3, -0.25) is 18.7 Å². The van der Waals surface area contributed by atoms with Crippen LogP contribution in [0.25, 0.3) is 11.0 Å². The van der Waals surface area contributed by atoms with Gasteiger partial charge in [-0.05, 0) is 44.7 Å². The van der Waals surface area contributed by atoms with Crippen molar-refractivity contribution in [3.05, 3.63) is 38.7 Å². The van der Waals surface area contributed by atoms with Gasteiger partial charge in [0.2, 0.25) is 0 Å². The summed E-state index contributed by atoms with van der Waals surface area (Å²) in [5.74, 6) is -0.133. The molecule has 174 valence electrons. The Morgan fingerprint density at radius 3 is 2.53 bits per heavy atom. The SMILES string of the molecule is CCCN(C(=O)c1ccc2c(=O)n(C)c(=O)n(C)c2n1)[C@@H]1C[C@H](OCC)C12CCCCC2. The molecule has 8 heteroatoms. The molecule has 2 fully saturated rings. The summed E-state index contributed by atoms with van der Waals surface area (Å²) >= 11 is 0. The van der Waals surface area contributed by atoms with Crippen LogP contribution in [0.3, 0.4) is 0 Å². The van der Waals surface area contributed by atoms with Crippen LogP contribution in [0, 0.1) is 5.41 Å². The topological polar surface area (TPSA) is 86.4 Å². The van der Waals surface area contributed by atoms with Crippen LogP contribution < -0.4 is 11.2 Å². The van der Waals surface area contributed by atoms with E-state index in [1.165, 1.54) is 30.9 Å². The van der Waals surface area contributed by atoms with Crippen LogP contribution in [0.1, 0.15) is 69.3 Å². The van der Waals surface area contributed by atoms with Gasteiger partial charge in [-0.2, -0.15) is 0 Å². The van der Waals surface area contributed by atoms with Crippen molar-refractivity contribution < 1.29 is 9.53 Å². The molecule has 0 aliphatic heterocycles. The van der Waals surface area contributed by atoms with E-state index >= 15 is 0 Å². The summed E-state index contributed by atoms with van der Waals surface area (Å²) in [5.41, 5.74) is -0.309. The fraction of sp³-hybridized carbons (Fsp3) is 0.667. The van der Waals surface area contributed by atoms with Gasteiger partial charge in [-0.25, -0.2) is 9.78 Å². The molecule has 0 unspecified atom stereocenters. The summed E-state index contributed by atoms with van der Waals surface area (Å²) in [6, 6.07) is 3.37. The maximum Gasteiger partial charge on any atom is 0.332 e. The number of ether oxygens (including phenoxy) is 1. The molecule has 32 heavy (non-hydrogen) atoms. The van der Waals surface area contributed by atoms with Crippen molar-refractivity contribution in [3.63, 3.8) is 0 Å². The number of fused-ring (bicyclic) bond motifs is 1. The zero-order valence-corrected chi connectivity index (χ0v) is 19.6. The maximum absolute atomic E-state index is 13.7. The van der Waals surface area contributed by atoms with Crippen molar-refractivity contribution in [2.45, 2.75) is 70.9 Å². The number of hydrogen-bond donors (Lipinski definition) is 0. The Bertz CT molecular complexity index is 1130. The molecule has 1 amide bonds. The quantitative estimate of drug-likeness (QED) is 0.686. The maximum atomic E-state index is 13.7. The fourth-order valence-corrected chi connectivity index (χ4v) is 5.82. The second kappa shape index (κ2) is 8.81. The van der Waals surface area contributed by atoms with E-state index in [9.17, 15) is 14.4 Å². The second-order valence-electron chi connectivity index (χ2n) is 9.26. The van der Waals surface area contributed by atoms with Crippen LogP contribution in [0.15, 0.2) is 21.7 Å². The number of aromatic nitrogens is 3. The lowest BCUT2D eigenvalue weighted by atomic mass is 9.54. The van der Waals surface area contributed by atoms with E-state index in [1.807, 2.05) is 11.8 Å². The third kappa shape index (κ3) is 3.49. The molecular formula is C24H34N4O4. The first kappa shape index (κ1) is 22.7. The lowest BCUT2D eigenvalue weighted by molar-refractivity contribution is -0.174. The smallest absolute Gasteiger partial charge is 0.332 e. The molecular weight excluding hydrogens is 408 g/mol. The van der Waals surface area contributed by atoms with Gasteiger partial charge in [0.15, 0.2) is 0 Å². The Kier molecular flexibility index (Phi) is 6.25. The summed E-state index contributed by atoms with van der Waals surface area (Å²) in [5, 5.41) is 0.331. The molecule has 0 bridgehead atoms. The van der Waals surface area contributed by atoms with Gasteiger partial charge < -0.3 is 9.64 Å². The molecule has 2 aliphatic carbocycles. The van der Waals surface area contributed by atoms with Gasteiger partial charge in [-0.15, -0.1) is 0 Å². The van der Waals surface area contributed by atoms with Crippen LogP contribution in [0.5, 0.6) is 0 Å². The number of aryl methyl sites for hydroxylation is 1. The van der Waals surface area contributed by atoms with Gasteiger partial charge in [-0.1, -0.05) is 26.2 Å². The van der Waals surface area contributed by atoms with Crippen molar-refractivity contribution in [2.24, 2.45) is 19.5 Å². The number of carbonyl (C=O) groups is 1. The normalized spacial score (nSPS) is 22.1. The summed E-state index contributed by atoms with van der Waals surface area (Å²) < 4.78 is 8.48. The van der Waals surface area contributed by atoms with E-state index < -0.39 is 11.2 Å². The number of hydrogen-bond acceptors (Lipinski definition) is 5. The average Bonchev–Trinajstić information content (AvgIpc) is 2.82. The number of nitrogens with zero attached hydrogens (tertiary/aromatic N) is 4. The van der Waals surface area contributed by atoms with E-state index in [4.69, 9.17) is 4.74 Å². The molecule has 2 atom stereocenters. The molecule has 0 saturated heterocycles. The molecule has 1 spiro atoms. The average molecular weight is 443 g/mol. The Morgan fingerprint density at radius 1 is 1.16 bits per heavy atom. The van der Waals surface area contributed by atoms with Crippen molar-refractivity contribution in [2.75, 3.05) is 13.2 Å². The molecule has 4 rings (SSSR count). The van der Waals surface area contributed by atoms with Gasteiger partial charge in [0.05, 0.1) is 11.5 Å². The Labute approximate surface area is 188 Å².